The lowest BCUT2D eigenvalue weighted by Gasteiger charge is -2.31. The van der Waals surface area contributed by atoms with Gasteiger partial charge in [-0.15, -0.1) is 0 Å². The van der Waals surface area contributed by atoms with E-state index in [0.29, 0.717) is 34.3 Å². The van der Waals surface area contributed by atoms with Crippen LogP contribution in [-0.2, 0) is 9.53 Å². The van der Waals surface area contributed by atoms with Crippen molar-refractivity contribution in [3.63, 3.8) is 0 Å². The summed E-state index contributed by atoms with van der Waals surface area (Å²) in [4.78, 5) is 25.2. The zero-order valence-electron chi connectivity index (χ0n) is 16.8. The fraction of sp³-hybridized carbons (Fsp3) is 0.524. The van der Waals surface area contributed by atoms with Gasteiger partial charge in [0.25, 0.3) is 0 Å². The van der Waals surface area contributed by atoms with Gasteiger partial charge in [0.05, 0.1) is 25.8 Å². The van der Waals surface area contributed by atoms with E-state index in [0.717, 1.165) is 25.7 Å². The van der Waals surface area contributed by atoms with Crippen LogP contribution in [0.25, 0.3) is 0 Å². The predicted octanol–water partition coefficient (Wildman–Crippen LogP) is 3.45. The number of esters is 1. The summed E-state index contributed by atoms with van der Waals surface area (Å²) in [5, 5.41) is 5.50. The smallest absolute Gasteiger partial charge is 0.338 e. The van der Waals surface area contributed by atoms with Crippen LogP contribution in [0.15, 0.2) is 29.5 Å². The van der Waals surface area contributed by atoms with E-state index < -0.39 is 12.0 Å². The van der Waals surface area contributed by atoms with Crippen LogP contribution in [0.4, 0.5) is 4.79 Å². The van der Waals surface area contributed by atoms with E-state index in [1.807, 2.05) is 0 Å². The number of carbonyl (C=O) groups excluding carboxylic acids is 2. The van der Waals surface area contributed by atoms with Crippen molar-refractivity contribution in [3.05, 3.63) is 35.0 Å². The molecule has 2 N–H and O–H groups in total. The molecule has 3 atom stereocenters. The molecular formula is C21H28N2O5. The molecular weight excluding hydrogens is 360 g/mol. The molecule has 7 heteroatoms. The summed E-state index contributed by atoms with van der Waals surface area (Å²) in [6.45, 7) is 3.88. The summed E-state index contributed by atoms with van der Waals surface area (Å²) in [6.07, 6.45) is 3.86. The Morgan fingerprint density at radius 1 is 1.18 bits per heavy atom. The topological polar surface area (TPSA) is 85.9 Å². The molecule has 152 valence electrons. The molecule has 0 radical (unpaired) electrons. The first-order chi connectivity index (χ1) is 13.4. The molecule has 1 aromatic rings. The van der Waals surface area contributed by atoms with Crippen LogP contribution in [0.3, 0.4) is 0 Å². The average Bonchev–Trinajstić information content (AvgIpc) is 2.66. The van der Waals surface area contributed by atoms with Crippen LogP contribution in [0.2, 0.25) is 0 Å². The minimum atomic E-state index is -0.688. The van der Waals surface area contributed by atoms with Crippen molar-refractivity contribution in [2.75, 3.05) is 14.2 Å². The van der Waals surface area contributed by atoms with Gasteiger partial charge in [-0.2, -0.15) is 0 Å². The van der Waals surface area contributed by atoms with E-state index in [1.54, 1.807) is 39.3 Å². The van der Waals surface area contributed by atoms with Crippen LogP contribution in [0.5, 0.6) is 11.5 Å². The van der Waals surface area contributed by atoms with Gasteiger partial charge in [-0.1, -0.05) is 13.3 Å². The molecule has 0 spiro atoms. The Labute approximate surface area is 165 Å². The summed E-state index contributed by atoms with van der Waals surface area (Å²) >= 11 is 0. The highest BCUT2D eigenvalue weighted by Gasteiger charge is 2.35. The molecule has 0 aromatic heterocycles. The Bertz CT molecular complexity index is 789. The number of ether oxygens (including phenoxy) is 3. The van der Waals surface area contributed by atoms with Gasteiger partial charge in [-0.05, 0) is 50.3 Å². The second kappa shape index (κ2) is 8.54. The first-order valence-corrected chi connectivity index (χ1v) is 9.64. The molecule has 3 rings (SSSR count). The molecule has 0 bridgehead atoms. The van der Waals surface area contributed by atoms with Crippen LogP contribution in [0.1, 0.15) is 51.1 Å². The highest BCUT2D eigenvalue weighted by Crippen LogP contribution is 2.36. The van der Waals surface area contributed by atoms with Crippen molar-refractivity contribution < 1.29 is 23.8 Å². The van der Waals surface area contributed by atoms with E-state index in [4.69, 9.17) is 14.2 Å². The van der Waals surface area contributed by atoms with Gasteiger partial charge < -0.3 is 24.8 Å². The van der Waals surface area contributed by atoms with E-state index in [-0.39, 0.29) is 12.1 Å². The summed E-state index contributed by atoms with van der Waals surface area (Å²) in [5.41, 5.74) is 1.50. The average molecular weight is 388 g/mol. The van der Waals surface area contributed by atoms with E-state index in [9.17, 15) is 9.59 Å². The second-order valence-electron chi connectivity index (χ2n) is 7.48. The zero-order valence-corrected chi connectivity index (χ0v) is 16.8. The number of urea groups is 1. The van der Waals surface area contributed by atoms with Gasteiger partial charge in [-0.3, -0.25) is 0 Å². The molecule has 1 aliphatic heterocycles. The predicted molar refractivity (Wildman–Crippen MR) is 104 cm³/mol. The van der Waals surface area contributed by atoms with Crippen molar-refractivity contribution in [2.24, 2.45) is 5.92 Å². The highest BCUT2D eigenvalue weighted by molar-refractivity contribution is 5.95. The minimum Gasteiger partial charge on any atom is -0.497 e. The molecule has 2 aliphatic rings. The molecule has 2 amide bonds. The number of rotatable bonds is 5. The van der Waals surface area contributed by atoms with Crippen molar-refractivity contribution in [2.45, 2.75) is 51.7 Å². The molecule has 1 heterocycles. The molecule has 7 nitrogen and oxygen atoms in total. The lowest BCUT2D eigenvalue weighted by molar-refractivity contribution is -0.146. The van der Waals surface area contributed by atoms with E-state index >= 15 is 0 Å². The minimum absolute atomic E-state index is 0.0953. The van der Waals surface area contributed by atoms with Crippen molar-refractivity contribution >= 4 is 12.0 Å². The van der Waals surface area contributed by atoms with Crippen molar-refractivity contribution in [3.8, 4) is 11.5 Å². The molecule has 0 unspecified atom stereocenters. The number of methoxy groups -OCH3 is 2. The SMILES string of the molecule is COc1ccc(OC)c([C@@H]2NC(=O)NC(C)=C2C(=O)O[C@H]2CCC[C@H](C)C2)c1. The van der Waals surface area contributed by atoms with Crippen LogP contribution in [0, 0.1) is 5.92 Å². The second-order valence-corrected chi connectivity index (χ2v) is 7.48. The maximum atomic E-state index is 13.1. The molecule has 1 fully saturated rings. The Morgan fingerprint density at radius 3 is 2.64 bits per heavy atom. The van der Waals surface area contributed by atoms with Gasteiger partial charge in [0.2, 0.25) is 0 Å². The fourth-order valence-corrected chi connectivity index (χ4v) is 3.96. The first kappa shape index (κ1) is 20.0. The van der Waals surface area contributed by atoms with Crippen LogP contribution in [-0.4, -0.2) is 32.3 Å². The van der Waals surface area contributed by atoms with Gasteiger partial charge in [0.1, 0.15) is 17.6 Å². The fourth-order valence-electron chi connectivity index (χ4n) is 3.96. The first-order valence-electron chi connectivity index (χ1n) is 9.64. The third-order valence-corrected chi connectivity index (χ3v) is 5.40. The largest absolute Gasteiger partial charge is 0.497 e. The number of amides is 2. The summed E-state index contributed by atoms with van der Waals surface area (Å²) in [7, 11) is 3.11. The molecule has 28 heavy (non-hydrogen) atoms. The third-order valence-electron chi connectivity index (χ3n) is 5.40. The van der Waals surface area contributed by atoms with Gasteiger partial charge in [0, 0.05) is 11.3 Å². The number of hydrogen-bond donors (Lipinski definition) is 2. The van der Waals surface area contributed by atoms with Crippen molar-refractivity contribution in [1.29, 1.82) is 0 Å². The van der Waals surface area contributed by atoms with Crippen LogP contribution < -0.4 is 20.1 Å². The number of benzene rings is 1. The van der Waals surface area contributed by atoms with E-state index in [2.05, 4.69) is 17.6 Å². The highest BCUT2D eigenvalue weighted by atomic mass is 16.5. The molecule has 1 saturated carbocycles. The Balaban J connectivity index is 1.94. The number of hydrogen-bond acceptors (Lipinski definition) is 5. The maximum Gasteiger partial charge on any atom is 0.338 e. The van der Waals surface area contributed by atoms with Gasteiger partial charge in [0.15, 0.2) is 0 Å². The summed E-state index contributed by atoms with van der Waals surface area (Å²) in [5.74, 6) is 1.28. The standard InChI is InChI=1S/C21H28N2O5/c1-12-6-5-7-15(10-12)28-20(24)18-13(2)22-21(25)23-19(18)16-11-14(26-3)8-9-17(16)27-4/h8-9,11-12,15,19H,5-7,10H2,1-4H3,(H2,22,23,25)/t12-,15-,19-/m0/s1. The Kier molecular flexibility index (Phi) is 6.11. The lowest BCUT2D eigenvalue weighted by atomic mass is 9.88. The van der Waals surface area contributed by atoms with Crippen LogP contribution >= 0.6 is 0 Å². The summed E-state index contributed by atoms with van der Waals surface area (Å²) < 4.78 is 16.6. The third kappa shape index (κ3) is 4.24. The molecule has 1 aliphatic carbocycles. The number of allylic oxidation sites excluding steroid dienone is 1. The lowest BCUT2D eigenvalue weighted by Crippen LogP contribution is -2.45. The molecule has 1 aromatic carbocycles. The quantitative estimate of drug-likeness (QED) is 0.755. The Hall–Kier alpha value is -2.70. The van der Waals surface area contributed by atoms with E-state index in [1.165, 1.54) is 0 Å². The number of carbonyl (C=O) groups is 2. The number of nitrogens with one attached hydrogen (secondary N) is 2. The molecule has 0 saturated heterocycles. The van der Waals surface area contributed by atoms with Gasteiger partial charge >= 0.3 is 12.0 Å². The normalized spacial score (nSPS) is 24.9. The Morgan fingerprint density at radius 2 is 1.96 bits per heavy atom. The summed E-state index contributed by atoms with van der Waals surface area (Å²) in [6, 6.07) is 4.22. The van der Waals surface area contributed by atoms with Gasteiger partial charge in [-0.25, -0.2) is 9.59 Å². The zero-order chi connectivity index (χ0) is 20.3. The van der Waals surface area contributed by atoms with Crippen molar-refractivity contribution in [1.82, 2.24) is 10.6 Å². The monoisotopic (exact) mass is 388 g/mol. The maximum absolute atomic E-state index is 13.1.